The van der Waals surface area contributed by atoms with Crippen LogP contribution in [0.25, 0.3) is 94.9 Å². The standard InChI is InChI=1S/C48H35N3O/c1-28-23-24-41-40(25-28)43-38(37-26-31-16-6-7-17-32(31)33-18-8-9-19-34(33)37)27-39-35-20-10-11-22-42(35)52-47(39)46(43)51(41)48-49-44-29(2)13-12-21-36(44)45(50-48)30-14-4-3-5-15-30/h3-12,14-24,26-29H,13,25H2,1-2H3. The molecule has 0 aliphatic heterocycles. The van der Waals surface area contributed by atoms with Crippen LogP contribution < -0.4 is 0 Å². The first-order valence-electron chi connectivity index (χ1n) is 18.4. The van der Waals surface area contributed by atoms with E-state index in [1.165, 1.54) is 43.6 Å². The molecule has 2 unspecified atom stereocenters. The number of aromatic nitrogens is 3. The van der Waals surface area contributed by atoms with E-state index in [0.29, 0.717) is 11.9 Å². The Balaban J connectivity index is 1.34. The molecule has 11 rings (SSSR count). The average molecular weight is 670 g/mol. The molecule has 52 heavy (non-hydrogen) atoms. The van der Waals surface area contributed by atoms with Crippen molar-refractivity contribution in [1.29, 1.82) is 0 Å². The molecule has 3 aromatic heterocycles. The molecule has 4 heteroatoms. The Morgan fingerprint density at radius 3 is 2.31 bits per heavy atom. The van der Waals surface area contributed by atoms with Gasteiger partial charge in [-0.2, -0.15) is 0 Å². The van der Waals surface area contributed by atoms with E-state index in [9.17, 15) is 0 Å². The van der Waals surface area contributed by atoms with Gasteiger partial charge in [0.15, 0.2) is 5.58 Å². The Labute approximate surface area is 301 Å². The summed E-state index contributed by atoms with van der Waals surface area (Å²) >= 11 is 0. The number of nitrogens with zero attached hydrogens (tertiary/aromatic N) is 3. The maximum Gasteiger partial charge on any atom is 0.235 e. The van der Waals surface area contributed by atoms with Gasteiger partial charge >= 0.3 is 0 Å². The molecule has 248 valence electrons. The molecule has 0 amide bonds. The van der Waals surface area contributed by atoms with Gasteiger partial charge in [0, 0.05) is 33.2 Å². The first-order chi connectivity index (χ1) is 25.6. The maximum absolute atomic E-state index is 6.92. The summed E-state index contributed by atoms with van der Waals surface area (Å²) in [7, 11) is 0. The van der Waals surface area contributed by atoms with Gasteiger partial charge in [-0.15, -0.1) is 0 Å². The molecule has 6 aromatic carbocycles. The molecular weight excluding hydrogens is 635 g/mol. The molecule has 2 aliphatic rings. The molecule has 0 saturated carbocycles. The number of benzene rings is 6. The van der Waals surface area contributed by atoms with Crippen LogP contribution in [0.2, 0.25) is 0 Å². The van der Waals surface area contributed by atoms with Gasteiger partial charge in [-0.1, -0.05) is 129 Å². The van der Waals surface area contributed by atoms with E-state index >= 15 is 0 Å². The van der Waals surface area contributed by atoms with Crippen molar-refractivity contribution in [2.24, 2.45) is 5.92 Å². The maximum atomic E-state index is 6.92. The van der Waals surface area contributed by atoms with Crippen LogP contribution in [0.3, 0.4) is 0 Å². The van der Waals surface area contributed by atoms with Crippen LogP contribution in [0.1, 0.15) is 48.7 Å². The lowest BCUT2D eigenvalue weighted by atomic mass is 9.87. The summed E-state index contributed by atoms with van der Waals surface area (Å²) in [5.74, 6) is 1.34. The minimum absolute atomic E-state index is 0.267. The van der Waals surface area contributed by atoms with Crippen LogP contribution in [0.5, 0.6) is 0 Å². The SMILES string of the molecule is CC1C=Cc2c(c3c(-c4cc5ccccc5c5ccccc45)cc4c5ccccc5oc4c3n2-c2nc(-c3ccccc3)c3c(n2)C(C)CC=C3)C1. The second-order valence-electron chi connectivity index (χ2n) is 14.6. The Morgan fingerprint density at radius 2 is 1.44 bits per heavy atom. The van der Waals surface area contributed by atoms with E-state index < -0.39 is 0 Å². The molecule has 2 aliphatic carbocycles. The van der Waals surface area contributed by atoms with E-state index in [4.69, 9.17) is 14.4 Å². The Morgan fingerprint density at radius 1 is 0.692 bits per heavy atom. The zero-order valence-corrected chi connectivity index (χ0v) is 29.1. The van der Waals surface area contributed by atoms with Crippen LogP contribution in [-0.4, -0.2) is 14.5 Å². The summed E-state index contributed by atoms with van der Waals surface area (Å²) in [6, 6.07) is 41.4. The summed E-state index contributed by atoms with van der Waals surface area (Å²) in [6.45, 7) is 4.59. The third-order valence-corrected chi connectivity index (χ3v) is 11.3. The van der Waals surface area contributed by atoms with E-state index in [-0.39, 0.29) is 5.92 Å². The van der Waals surface area contributed by atoms with Crippen LogP contribution in [0.4, 0.5) is 0 Å². The highest BCUT2D eigenvalue weighted by Gasteiger charge is 2.31. The number of para-hydroxylation sites is 1. The summed E-state index contributed by atoms with van der Waals surface area (Å²) in [4.78, 5) is 11.0. The van der Waals surface area contributed by atoms with E-state index in [2.05, 4.69) is 158 Å². The molecule has 0 radical (unpaired) electrons. The molecule has 0 saturated heterocycles. The quantitative estimate of drug-likeness (QED) is 0.176. The van der Waals surface area contributed by atoms with E-state index in [1.807, 2.05) is 0 Å². The second-order valence-corrected chi connectivity index (χ2v) is 14.6. The van der Waals surface area contributed by atoms with Crippen LogP contribution in [0, 0.1) is 5.92 Å². The molecule has 9 aromatic rings. The van der Waals surface area contributed by atoms with Gasteiger partial charge in [0.2, 0.25) is 5.95 Å². The minimum Gasteiger partial charge on any atom is -0.454 e. The minimum atomic E-state index is 0.267. The van der Waals surface area contributed by atoms with Gasteiger partial charge in [-0.3, -0.25) is 4.57 Å². The number of hydrogen-bond donors (Lipinski definition) is 0. The topological polar surface area (TPSA) is 43.9 Å². The smallest absolute Gasteiger partial charge is 0.235 e. The number of allylic oxidation sites excluding steroid dienone is 2. The molecule has 0 fully saturated rings. The first-order valence-corrected chi connectivity index (χ1v) is 18.4. The summed E-state index contributed by atoms with van der Waals surface area (Å²) in [6.07, 6.45) is 11.0. The van der Waals surface area contributed by atoms with Crippen molar-refractivity contribution in [3.63, 3.8) is 0 Å². The van der Waals surface area contributed by atoms with Gasteiger partial charge in [-0.05, 0) is 81.3 Å². The van der Waals surface area contributed by atoms with Gasteiger partial charge in [0.1, 0.15) is 11.1 Å². The lowest BCUT2D eigenvalue weighted by molar-refractivity contribution is 0.670. The lowest BCUT2D eigenvalue weighted by Crippen LogP contribution is -2.13. The van der Waals surface area contributed by atoms with Gasteiger partial charge in [0.25, 0.3) is 0 Å². The monoisotopic (exact) mass is 669 g/mol. The Kier molecular flexibility index (Phi) is 6.30. The second kappa shape index (κ2) is 11.1. The van der Waals surface area contributed by atoms with Crippen molar-refractivity contribution in [3.8, 4) is 28.3 Å². The van der Waals surface area contributed by atoms with E-state index in [0.717, 1.165) is 68.5 Å². The highest BCUT2D eigenvalue weighted by molar-refractivity contribution is 6.23. The Hall–Kier alpha value is -6.26. The van der Waals surface area contributed by atoms with Crippen molar-refractivity contribution < 1.29 is 4.42 Å². The third-order valence-electron chi connectivity index (χ3n) is 11.3. The Bertz CT molecular complexity index is 3000. The normalized spacial score (nSPS) is 16.7. The van der Waals surface area contributed by atoms with Gasteiger partial charge in [0.05, 0.1) is 17.1 Å². The van der Waals surface area contributed by atoms with Gasteiger partial charge in [-0.25, -0.2) is 9.97 Å². The molecule has 4 nitrogen and oxygen atoms in total. The predicted octanol–water partition coefficient (Wildman–Crippen LogP) is 12.7. The number of hydrogen-bond acceptors (Lipinski definition) is 3. The van der Waals surface area contributed by atoms with Crippen molar-refractivity contribution in [2.75, 3.05) is 0 Å². The molecule has 0 spiro atoms. The van der Waals surface area contributed by atoms with Crippen molar-refractivity contribution in [1.82, 2.24) is 14.5 Å². The average Bonchev–Trinajstić information content (AvgIpc) is 3.73. The van der Waals surface area contributed by atoms with E-state index in [1.54, 1.807) is 0 Å². The zero-order chi connectivity index (χ0) is 34.5. The highest BCUT2D eigenvalue weighted by atomic mass is 16.3. The fourth-order valence-electron chi connectivity index (χ4n) is 8.90. The fraction of sp³-hybridized carbons (Fsp3) is 0.125. The zero-order valence-electron chi connectivity index (χ0n) is 29.1. The molecule has 0 bridgehead atoms. The van der Waals surface area contributed by atoms with Crippen LogP contribution in [0.15, 0.2) is 132 Å². The highest BCUT2D eigenvalue weighted by Crippen LogP contribution is 2.48. The first kappa shape index (κ1) is 29.5. The van der Waals surface area contributed by atoms with Crippen molar-refractivity contribution in [3.05, 3.63) is 150 Å². The van der Waals surface area contributed by atoms with Gasteiger partial charge < -0.3 is 4.42 Å². The largest absolute Gasteiger partial charge is 0.454 e. The van der Waals surface area contributed by atoms with Crippen molar-refractivity contribution in [2.45, 2.75) is 32.6 Å². The fourth-order valence-corrected chi connectivity index (χ4v) is 8.90. The molecular formula is C48H35N3O. The molecule has 2 atom stereocenters. The number of fused-ring (bicyclic) bond motifs is 11. The predicted molar refractivity (Wildman–Crippen MR) is 216 cm³/mol. The van der Waals surface area contributed by atoms with Crippen LogP contribution in [-0.2, 0) is 6.42 Å². The number of rotatable bonds is 3. The summed E-state index contributed by atoms with van der Waals surface area (Å²) in [5.41, 5.74) is 11.9. The summed E-state index contributed by atoms with van der Waals surface area (Å²) in [5, 5.41) is 8.42. The molecule has 3 heterocycles. The molecule has 0 N–H and O–H groups in total. The summed E-state index contributed by atoms with van der Waals surface area (Å²) < 4.78 is 9.24. The third kappa shape index (κ3) is 4.21. The van der Waals surface area contributed by atoms with Crippen molar-refractivity contribution >= 4 is 66.5 Å². The number of furan rings is 1. The lowest BCUT2D eigenvalue weighted by Gasteiger charge is -2.22. The van der Waals surface area contributed by atoms with Crippen LogP contribution >= 0.6 is 0 Å².